The van der Waals surface area contributed by atoms with Gasteiger partial charge >= 0.3 is 5.97 Å². The van der Waals surface area contributed by atoms with Crippen molar-refractivity contribution in [1.29, 1.82) is 0 Å². The first-order valence-corrected chi connectivity index (χ1v) is 17.3. The van der Waals surface area contributed by atoms with Crippen molar-refractivity contribution in [3.05, 3.63) is 47.3 Å². The summed E-state index contributed by atoms with van der Waals surface area (Å²) in [5.74, 6) is -0.628. The summed E-state index contributed by atoms with van der Waals surface area (Å²) in [6, 6.07) is 6.25. The highest BCUT2D eigenvalue weighted by Crippen LogP contribution is 2.75. The first-order chi connectivity index (χ1) is 20.9. The number of halogens is 1. The van der Waals surface area contributed by atoms with E-state index >= 15 is 0 Å². The van der Waals surface area contributed by atoms with Gasteiger partial charge in [0.05, 0.1) is 18.4 Å². The third-order valence-electron chi connectivity index (χ3n) is 14.6. The maximum atomic E-state index is 14.1. The molecule has 0 saturated heterocycles. The maximum Gasteiger partial charge on any atom is 0.312 e. The van der Waals surface area contributed by atoms with Gasteiger partial charge in [-0.2, -0.15) is 0 Å². The number of carbonyl (C=O) groups excluding carboxylic acids is 3. The normalized spacial score (nSPS) is 41.4. The Morgan fingerprint density at radius 3 is 2.36 bits per heavy atom. The number of methoxy groups -OCH3 is 1. The molecule has 5 aliphatic rings. The van der Waals surface area contributed by atoms with Crippen LogP contribution >= 0.6 is 0 Å². The smallest absolute Gasteiger partial charge is 0.312 e. The van der Waals surface area contributed by atoms with Gasteiger partial charge in [-0.15, -0.1) is 0 Å². The summed E-state index contributed by atoms with van der Waals surface area (Å²) < 4.78 is 19.3. The van der Waals surface area contributed by atoms with E-state index in [2.05, 4.69) is 59.9 Å². The fourth-order valence-corrected chi connectivity index (χ4v) is 12.0. The monoisotopic (exact) mass is 619 g/mol. The van der Waals surface area contributed by atoms with E-state index in [0.717, 1.165) is 51.4 Å². The Labute approximate surface area is 269 Å². The van der Waals surface area contributed by atoms with Gasteiger partial charge in [0, 0.05) is 12.0 Å². The lowest BCUT2D eigenvalue weighted by molar-refractivity contribution is -0.196. The molecule has 6 rings (SSSR count). The standard InChI is InChI=1S/C39H54FNO4/c1-34(2)16-18-39(33(44)45-8)19-17-37(6)27(28(39)22-34)12-13-30-36(5)21-26(32(43)41-23-24-10-9-11-25(40)20-24)31(42)35(3,4)29(36)14-15-38(30,37)7/h9-12,20,26,28-30H,13-19,21-23H2,1-8H3,(H,41,43)/t26?,28?,29?,30?,36-,37+,38+,39-/m0/s1. The number of rotatable bonds is 4. The summed E-state index contributed by atoms with van der Waals surface area (Å²) in [5.41, 5.74) is 0.963. The van der Waals surface area contributed by atoms with Gasteiger partial charge in [0.15, 0.2) is 5.78 Å². The van der Waals surface area contributed by atoms with Crippen molar-refractivity contribution < 1.29 is 23.5 Å². The molecule has 0 aromatic heterocycles. The van der Waals surface area contributed by atoms with Crippen molar-refractivity contribution in [3.8, 4) is 0 Å². The molecule has 4 saturated carbocycles. The lowest BCUT2D eigenvalue weighted by Gasteiger charge is -2.71. The van der Waals surface area contributed by atoms with Crippen molar-refractivity contribution in [3.63, 3.8) is 0 Å². The zero-order chi connectivity index (χ0) is 32.8. The van der Waals surface area contributed by atoms with Crippen LogP contribution in [0.4, 0.5) is 4.39 Å². The van der Waals surface area contributed by atoms with E-state index in [-0.39, 0.29) is 63.5 Å². The number of benzene rings is 1. The van der Waals surface area contributed by atoms with E-state index in [0.29, 0.717) is 17.9 Å². The van der Waals surface area contributed by atoms with Crippen LogP contribution in [-0.4, -0.2) is 24.8 Å². The van der Waals surface area contributed by atoms with Crippen molar-refractivity contribution in [2.75, 3.05) is 7.11 Å². The van der Waals surface area contributed by atoms with Crippen LogP contribution in [0.25, 0.3) is 0 Å². The van der Waals surface area contributed by atoms with Crippen LogP contribution in [0.5, 0.6) is 0 Å². The number of hydrogen-bond donors (Lipinski definition) is 1. The Hall–Kier alpha value is -2.50. The minimum Gasteiger partial charge on any atom is -0.469 e. The molecule has 8 atom stereocenters. The van der Waals surface area contributed by atoms with Gasteiger partial charge in [-0.1, -0.05) is 72.2 Å². The highest BCUT2D eigenvalue weighted by atomic mass is 19.1. The van der Waals surface area contributed by atoms with Gasteiger partial charge in [-0.25, -0.2) is 4.39 Å². The number of fused-ring (bicyclic) bond motifs is 7. The first kappa shape index (κ1) is 32.4. The Kier molecular flexibility index (Phi) is 7.57. The van der Waals surface area contributed by atoms with Gasteiger partial charge in [0.1, 0.15) is 5.82 Å². The SMILES string of the molecule is COC(=O)[C@]12CCC(C)(C)CC1C1=CCC3[C@@]4(C)CC(C(=O)NCc5cccc(F)c5)C(=O)C(C)(C)C4CC[C@@]3(C)[C@]1(C)CC2. The minimum absolute atomic E-state index is 0.0226. The Bertz CT molecular complexity index is 1450. The summed E-state index contributed by atoms with van der Waals surface area (Å²) in [5, 5.41) is 2.99. The van der Waals surface area contributed by atoms with Crippen LogP contribution in [0.1, 0.15) is 112 Å². The number of allylic oxidation sites excluding steroid dienone is 2. The summed E-state index contributed by atoms with van der Waals surface area (Å²) >= 11 is 0. The number of ketones is 1. The molecule has 0 radical (unpaired) electrons. The van der Waals surface area contributed by atoms with E-state index < -0.39 is 16.7 Å². The second-order valence-electron chi connectivity index (χ2n) is 17.6. The molecule has 6 heteroatoms. The van der Waals surface area contributed by atoms with E-state index in [9.17, 15) is 18.8 Å². The number of esters is 1. The zero-order valence-corrected chi connectivity index (χ0v) is 28.8. The quantitative estimate of drug-likeness (QED) is 0.209. The van der Waals surface area contributed by atoms with Gasteiger partial charge in [-0.05, 0) is 115 Å². The molecule has 45 heavy (non-hydrogen) atoms. The molecular formula is C39H54FNO4. The van der Waals surface area contributed by atoms with Crippen LogP contribution in [0.15, 0.2) is 35.9 Å². The molecule has 246 valence electrons. The number of ether oxygens (including phenoxy) is 1. The lowest BCUT2D eigenvalue weighted by Crippen LogP contribution is -2.66. The Morgan fingerprint density at radius 1 is 0.956 bits per heavy atom. The Balaban J connectivity index is 1.35. The van der Waals surface area contributed by atoms with Gasteiger partial charge < -0.3 is 10.1 Å². The van der Waals surface area contributed by atoms with Crippen molar-refractivity contribution in [2.45, 2.75) is 113 Å². The largest absolute Gasteiger partial charge is 0.469 e. The fourth-order valence-electron chi connectivity index (χ4n) is 12.0. The summed E-state index contributed by atoms with van der Waals surface area (Å²) in [7, 11) is 1.55. The summed E-state index contributed by atoms with van der Waals surface area (Å²) in [6.45, 7) is 16.4. The molecule has 5 aliphatic carbocycles. The van der Waals surface area contributed by atoms with Crippen molar-refractivity contribution >= 4 is 17.7 Å². The molecule has 1 N–H and O–H groups in total. The molecule has 1 aromatic carbocycles. The number of Topliss-reactive ketones (excluding diaryl/α,β-unsaturated/α-hetero) is 1. The second-order valence-corrected chi connectivity index (χ2v) is 17.6. The molecule has 0 heterocycles. The average Bonchev–Trinajstić information content (AvgIpc) is 2.97. The van der Waals surface area contributed by atoms with E-state index in [1.165, 1.54) is 17.7 Å². The number of amides is 1. The van der Waals surface area contributed by atoms with Gasteiger partial charge in [0.2, 0.25) is 5.91 Å². The zero-order valence-electron chi connectivity index (χ0n) is 28.8. The summed E-state index contributed by atoms with van der Waals surface area (Å²) in [4.78, 5) is 41.4. The highest BCUT2D eigenvalue weighted by molar-refractivity contribution is 6.04. The van der Waals surface area contributed by atoms with Crippen LogP contribution in [-0.2, 0) is 25.7 Å². The van der Waals surface area contributed by atoms with Crippen LogP contribution in [0.2, 0.25) is 0 Å². The molecule has 5 nitrogen and oxygen atoms in total. The predicted molar refractivity (Wildman–Crippen MR) is 173 cm³/mol. The molecule has 0 spiro atoms. The topological polar surface area (TPSA) is 72.5 Å². The van der Waals surface area contributed by atoms with E-state index in [4.69, 9.17) is 4.74 Å². The first-order valence-electron chi connectivity index (χ1n) is 17.3. The minimum atomic E-state index is -0.729. The van der Waals surface area contributed by atoms with E-state index in [1.807, 2.05) is 0 Å². The summed E-state index contributed by atoms with van der Waals surface area (Å²) in [6.07, 6.45) is 10.7. The van der Waals surface area contributed by atoms with Crippen molar-refractivity contribution in [2.24, 2.45) is 56.2 Å². The predicted octanol–water partition coefficient (Wildman–Crippen LogP) is 8.21. The molecule has 4 unspecified atom stereocenters. The van der Waals surface area contributed by atoms with Crippen LogP contribution in [0, 0.1) is 62.0 Å². The molecular weight excluding hydrogens is 565 g/mol. The third kappa shape index (κ3) is 4.61. The molecule has 0 bridgehead atoms. The lowest BCUT2D eigenvalue weighted by atomic mass is 9.33. The fraction of sp³-hybridized carbons (Fsp3) is 0.718. The van der Waals surface area contributed by atoms with Crippen LogP contribution in [0.3, 0.4) is 0 Å². The third-order valence-corrected chi connectivity index (χ3v) is 14.6. The highest BCUT2D eigenvalue weighted by Gasteiger charge is 2.70. The van der Waals surface area contributed by atoms with Crippen LogP contribution < -0.4 is 5.32 Å². The number of nitrogens with one attached hydrogen (secondary N) is 1. The second kappa shape index (κ2) is 10.5. The average molecular weight is 620 g/mol. The Morgan fingerprint density at radius 2 is 1.67 bits per heavy atom. The molecule has 1 amide bonds. The van der Waals surface area contributed by atoms with E-state index in [1.54, 1.807) is 19.2 Å². The van der Waals surface area contributed by atoms with Gasteiger partial charge in [0.25, 0.3) is 0 Å². The molecule has 1 aromatic rings. The van der Waals surface area contributed by atoms with Gasteiger partial charge in [-0.3, -0.25) is 14.4 Å². The van der Waals surface area contributed by atoms with Crippen molar-refractivity contribution in [1.82, 2.24) is 5.32 Å². The number of hydrogen-bond acceptors (Lipinski definition) is 4. The molecule has 0 aliphatic heterocycles. The molecule has 4 fully saturated rings. The maximum absolute atomic E-state index is 14.1. The number of carbonyl (C=O) groups is 3.